The molecule has 0 fully saturated rings. The molecule has 1 atom stereocenters. The number of ether oxygens (including phenoxy) is 1. The number of carbonyl (C=O) groups excluding carboxylic acids is 1. The van der Waals surface area contributed by atoms with Crippen molar-refractivity contribution in [3.8, 4) is 5.75 Å². The Morgan fingerprint density at radius 2 is 2.00 bits per heavy atom. The number of carbonyl (C=O) groups is 1. The van der Waals surface area contributed by atoms with Crippen LogP contribution in [0.3, 0.4) is 0 Å². The van der Waals surface area contributed by atoms with Crippen LogP contribution >= 0.6 is 0 Å². The normalized spacial score (nSPS) is 13.6. The minimum atomic E-state index is -1.25. The van der Waals surface area contributed by atoms with Crippen LogP contribution in [0.4, 0.5) is 0 Å². The number of aromatic amines is 1. The summed E-state index contributed by atoms with van der Waals surface area (Å²) in [6.45, 7) is 2.17. The van der Waals surface area contributed by atoms with Crippen molar-refractivity contribution in [1.82, 2.24) is 4.98 Å². The second-order valence-electron chi connectivity index (χ2n) is 6.48. The van der Waals surface area contributed by atoms with Gasteiger partial charge in [0.2, 0.25) is 0 Å². The van der Waals surface area contributed by atoms with E-state index in [0.29, 0.717) is 12.9 Å². The molecule has 0 amide bonds. The van der Waals surface area contributed by atoms with Crippen LogP contribution in [0.1, 0.15) is 16.7 Å². The molecular formula is C20H22N2O3. The highest BCUT2D eigenvalue weighted by Gasteiger charge is 2.25. The maximum absolute atomic E-state index is 11.1. The number of nitrogens with two attached hydrogens (primary N) is 1. The van der Waals surface area contributed by atoms with Gasteiger partial charge in [-0.05, 0) is 30.2 Å². The molecule has 0 radical (unpaired) electrons. The average Bonchev–Trinajstić information content (AvgIpc) is 3.03. The SMILES string of the molecule is Cc1ccc(COc2ccc3c(C[C@](N)(C=O)CO)c[nH]c3c2)cc1. The largest absolute Gasteiger partial charge is 0.489 e. The van der Waals surface area contributed by atoms with Gasteiger partial charge in [0.1, 0.15) is 18.6 Å². The Kier molecular flexibility index (Phi) is 4.88. The summed E-state index contributed by atoms with van der Waals surface area (Å²) in [5, 5.41) is 10.3. The number of aliphatic hydroxyl groups is 1. The Labute approximate surface area is 146 Å². The molecule has 5 heteroatoms. The van der Waals surface area contributed by atoms with Gasteiger partial charge in [-0.2, -0.15) is 0 Å². The fourth-order valence-electron chi connectivity index (χ4n) is 2.74. The molecule has 0 unspecified atom stereocenters. The van der Waals surface area contributed by atoms with Crippen LogP contribution < -0.4 is 10.5 Å². The highest BCUT2D eigenvalue weighted by Crippen LogP contribution is 2.26. The Morgan fingerprint density at radius 1 is 1.24 bits per heavy atom. The Hall–Kier alpha value is -2.63. The smallest absolute Gasteiger partial charge is 0.142 e. The lowest BCUT2D eigenvalue weighted by Gasteiger charge is -2.19. The Morgan fingerprint density at radius 3 is 2.68 bits per heavy atom. The molecule has 0 bridgehead atoms. The van der Waals surface area contributed by atoms with Gasteiger partial charge in [0.25, 0.3) is 0 Å². The molecule has 0 aliphatic heterocycles. The topological polar surface area (TPSA) is 88.3 Å². The van der Waals surface area contributed by atoms with Gasteiger partial charge in [-0.3, -0.25) is 0 Å². The predicted octanol–water partition coefficient (Wildman–Crippen LogP) is 2.49. The number of aldehydes is 1. The van der Waals surface area contributed by atoms with E-state index >= 15 is 0 Å². The number of aliphatic hydroxyl groups excluding tert-OH is 1. The molecule has 3 aromatic rings. The van der Waals surface area contributed by atoms with Gasteiger partial charge < -0.3 is 25.4 Å². The summed E-state index contributed by atoms with van der Waals surface area (Å²) < 4.78 is 5.85. The van der Waals surface area contributed by atoms with E-state index in [-0.39, 0.29) is 13.0 Å². The van der Waals surface area contributed by atoms with Gasteiger partial charge >= 0.3 is 0 Å². The van der Waals surface area contributed by atoms with Crippen molar-refractivity contribution in [3.05, 3.63) is 65.4 Å². The highest BCUT2D eigenvalue weighted by atomic mass is 16.5. The van der Waals surface area contributed by atoms with Gasteiger partial charge in [-0.15, -0.1) is 0 Å². The summed E-state index contributed by atoms with van der Waals surface area (Å²) in [4.78, 5) is 14.3. The van der Waals surface area contributed by atoms with Crippen LogP contribution in [0, 0.1) is 6.92 Å². The maximum Gasteiger partial charge on any atom is 0.142 e. The van der Waals surface area contributed by atoms with Gasteiger partial charge in [-0.1, -0.05) is 29.8 Å². The highest BCUT2D eigenvalue weighted by molar-refractivity contribution is 5.85. The van der Waals surface area contributed by atoms with Crippen molar-refractivity contribution in [1.29, 1.82) is 0 Å². The van der Waals surface area contributed by atoms with Crippen molar-refractivity contribution < 1.29 is 14.6 Å². The van der Waals surface area contributed by atoms with Crippen molar-refractivity contribution in [2.24, 2.45) is 5.73 Å². The predicted molar refractivity (Wildman–Crippen MR) is 97.6 cm³/mol. The molecule has 1 heterocycles. The second kappa shape index (κ2) is 7.09. The summed E-state index contributed by atoms with van der Waals surface area (Å²) in [7, 11) is 0. The summed E-state index contributed by atoms with van der Waals surface area (Å²) >= 11 is 0. The van der Waals surface area contributed by atoms with E-state index in [0.717, 1.165) is 27.8 Å². The van der Waals surface area contributed by atoms with Gasteiger partial charge in [0.15, 0.2) is 0 Å². The zero-order valence-corrected chi connectivity index (χ0v) is 14.2. The third-order valence-electron chi connectivity index (χ3n) is 4.31. The van der Waals surface area contributed by atoms with Gasteiger partial charge in [0.05, 0.1) is 12.1 Å². The first-order valence-electron chi connectivity index (χ1n) is 8.17. The first-order chi connectivity index (χ1) is 12.0. The molecular weight excluding hydrogens is 316 g/mol. The van der Waals surface area contributed by atoms with E-state index in [9.17, 15) is 9.90 Å². The van der Waals surface area contributed by atoms with E-state index in [1.807, 2.05) is 24.4 Å². The van der Waals surface area contributed by atoms with E-state index in [4.69, 9.17) is 10.5 Å². The third-order valence-corrected chi connectivity index (χ3v) is 4.31. The molecule has 25 heavy (non-hydrogen) atoms. The first kappa shape index (κ1) is 17.2. The Bertz CT molecular complexity index is 870. The fraction of sp³-hybridized carbons (Fsp3) is 0.250. The maximum atomic E-state index is 11.1. The van der Waals surface area contributed by atoms with Gasteiger partial charge in [0, 0.05) is 29.6 Å². The molecule has 3 rings (SSSR count). The summed E-state index contributed by atoms with van der Waals surface area (Å²) in [6, 6.07) is 14.0. The average molecular weight is 338 g/mol. The number of H-pyrrole nitrogens is 1. The number of aromatic nitrogens is 1. The number of rotatable bonds is 7. The zero-order valence-electron chi connectivity index (χ0n) is 14.2. The number of hydrogen-bond donors (Lipinski definition) is 3. The number of aryl methyl sites for hydroxylation is 1. The van der Waals surface area contributed by atoms with Crippen molar-refractivity contribution in [2.45, 2.75) is 25.5 Å². The van der Waals surface area contributed by atoms with Crippen LogP contribution in [0.2, 0.25) is 0 Å². The number of hydrogen-bond acceptors (Lipinski definition) is 4. The lowest BCUT2D eigenvalue weighted by molar-refractivity contribution is -0.113. The standard InChI is InChI=1S/C20H22N2O3/c1-14-2-4-15(5-3-14)11-25-17-6-7-18-16(10-22-19(18)8-17)9-20(21,12-23)13-24/h2-8,10,12,22,24H,9,11,13,21H2,1H3/t20-/m0/s1. The van der Waals surface area contributed by atoms with E-state index in [1.54, 1.807) is 0 Å². The van der Waals surface area contributed by atoms with Crippen LogP contribution in [-0.2, 0) is 17.8 Å². The van der Waals surface area contributed by atoms with Crippen LogP contribution in [0.15, 0.2) is 48.7 Å². The van der Waals surface area contributed by atoms with Crippen LogP contribution in [0.5, 0.6) is 5.75 Å². The summed E-state index contributed by atoms with van der Waals surface area (Å²) in [6.07, 6.45) is 2.69. The molecule has 0 spiro atoms. The molecule has 2 aromatic carbocycles. The molecule has 0 saturated heterocycles. The summed E-state index contributed by atoms with van der Waals surface area (Å²) in [5.74, 6) is 0.762. The van der Waals surface area contributed by atoms with Crippen molar-refractivity contribution in [3.63, 3.8) is 0 Å². The molecule has 0 saturated carbocycles. The van der Waals surface area contributed by atoms with Crippen molar-refractivity contribution in [2.75, 3.05) is 6.61 Å². The number of benzene rings is 2. The van der Waals surface area contributed by atoms with E-state index < -0.39 is 5.54 Å². The lowest BCUT2D eigenvalue weighted by atomic mass is 9.94. The number of nitrogens with one attached hydrogen (secondary N) is 1. The second-order valence-corrected chi connectivity index (χ2v) is 6.48. The minimum absolute atomic E-state index is 0.274. The van der Waals surface area contributed by atoms with Crippen LogP contribution in [0.25, 0.3) is 10.9 Å². The quantitative estimate of drug-likeness (QED) is 0.578. The lowest BCUT2D eigenvalue weighted by Crippen LogP contribution is -2.47. The molecule has 0 aliphatic carbocycles. The zero-order chi connectivity index (χ0) is 17.9. The molecule has 5 nitrogen and oxygen atoms in total. The molecule has 1 aromatic heterocycles. The fourth-order valence-corrected chi connectivity index (χ4v) is 2.74. The molecule has 130 valence electrons. The van der Waals surface area contributed by atoms with E-state index in [1.165, 1.54) is 5.56 Å². The van der Waals surface area contributed by atoms with E-state index in [2.05, 4.69) is 36.2 Å². The third kappa shape index (κ3) is 3.90. The van der Waals surface area contributed by atoms with Gasteiger partial charge in [-0.25, -0.2) is 0 Å². The van der Waals surface area contributed by atoms with Crippen LogP contribution in [-0.4, -0.2) is 28.5 Å². The van der Waals surface area contributed by atoms with Crippen molar-refractivity contribution >= 4 is 17.2 Å². The Balaban J connectivity index is 1.75. The minimum Gasteiger partial charge on any atom is -0.489 e. The summed E-state index contributed by atoms with van der Waals surface area (Å²) in [5.41, 5.74) is 8.75. The number of fused-ring (bicyclic) bond motifs is 1. The monoisotopic (exact) mass is 338 g/mol. The molecule has 4 N–H and O–H groups in total. The molecule has 0 aliphatic rings. The first-order valence-corrected chi connectivity index (χ1v) is 8.17.